The molecule has 104 valence electrons. The maximum atomic E-state index is 12.5. The molecule has 1 unspecified atom stereocenters. The van der Waals surface area contributed by atoms with Crippen LogP contribution in [0.3, 0.4) is 0 Å². The molecule has 0 aliphatic carbocycles. The molecule has 1 atom stereocenters. The summed E-state index contributed by atoms with van der Waals surface area (Å²) in [6.07, 6.45) is 0.845. The van der Waals surface area contributed by atoms with Gasteiger partial charge in [0.25, 0.3) is 0 Å². The third kappa shape index (κ3) is 2.95. The number of rotatable bonds is 3. The van der Waals surface area contributed by atoms with E-state index in [9.17, 15) is 4.79 Å². The van der Waals surface area contributed by atoms with E-state index >= 15 is 0 Å². The van der Waals surface area contributed by atoms with Crippen LogP contribution in [0.5, 0.6) is 0 Å². The van der Waals surface area contributed by atoms with Gasteiger partial charge in [-0.15, -0.1) is 23.1 Å². The van der Waals surface area contributed by atoms with E-state index in [1.165, 1.54) is 15.3 Å². The zero-order valence-electron chi connectivity index (χ0n) is 11.0. The van der Waals surface area contributed by atoms with Gasteiger partial charge in [0.1, 0.15) is 0 Å². The van der Waals surface area contributed by atoms with Crippen molar-refractivity contribution in [3.05, 3.63) is 50.6 Å². The normalized spacial score (nSPS) is 17.0. The fourth-order valence-corrected chi connectivity index (χ4v) is 5.16. The third-order valence-electron chi connectivity index (χ3n) is 3.32. The first-order valence-electron chi connectivity index (χ1n) is 6.37. The summed E-state index contributed by atoms with van der Waals surface area (Å²) >= 11 is 6.83. The van der Waals surface area contributed by atoms with Gasteiger partial charge < -0.3 is 4.90 Å². The summed E-state index contributed by atoms with van der Waals surface area (Å²) in [6, 6.07) is 12.4. The number of nitrogens with zero attached hydrogens (tertiary/aromatic N) is 1. The second kappa shape index (κ2) is 5.92. The van der Waals surface area contributed by atoms with E-state index in [1.807, 2.05) is 30.1 Å². The second-order valence-electron chi connectivity index (χ2n) is 4.82. The lowest BCUT2D eigenvalue weighted by atomic mass is 10.1. The Morgan fingerprint density at radius 3 is 2.85 bits per heavy atom. The maximum Gasteiger partial charge on any atom is 0.236 e. The Hall–Kier alpha value is -0.780. The van der Waals surface area contributed by atoms with Crippen molar-refractivity contribution < 1.29 is 4.79 Å². The largest absolute Gasteiger partial charge is 0.340 e. The topological polar surface area (TPSA) is 20.3 Å². The minimum Gasteiger partial charge on any atom is -0.340 e. The highest BCUT2D eigenvalue weighted by atomic mass is 79.9. The average molecular weight is 368 g/mol. The van der Waals surface area contributed by atoms with Crippen molar-refractivity contribution >= 4 is 44.9 Å². The molecule has 0 fully saturated rings. The molecule has 20 heavy (non-hydrogen) atoms. The molecular weight excluding hydrogens is 354 g/mol. The van der Waals surface area contributed by atoms with Crippen LogP contribution in [0.25, 0.3) is 0 Å². The van der Waals surface area contributed by atoms with Gasteiger partial charge >= 0.3 is 0 Å². The van der Waals surface area contributed by atoms with Crippen LogP contribution < -0.4 is 0 Å². The zero-order chi connectivity index (χ0) is 14.1. The molecule has 2 aromatic rings. The van der Waals surface area contributed by atoms with Crippen LogP contribution in [0.1, 0.15) is 10.4 Å². The molecule has 0 bridgehead atoms. The Kier molecular flexibility index (Phi) is 4.19. The van der Waals surface area contributed by atoms with Crippen molar-refractivity contribution in [1.82, 2.24) is 4.90 Å². The number of fused-ring (bicyclic) bond motifs is 1. The number of benzene rings is 1. The number of hydrogen-bond acceptors (Lipinski definition) is 3. The van der Waals surface area contributed by atoms with E-state index in [0.29, 0.717) is 6.54 Å². The van der Waals surface area contributed by atoms with Gasteiger partial charge in [0.15, 0.2) is 0 Å². The molecule has 1 amide bonds. The highest BCUT2D eigenvalue weighted by molar-refractivity contribution is 9.11. The lowest BCUT2D eigenvalue weighted by Gasteiger charge is -2.19. The molecule has 3 rings (SSSR count). The van der Waals surface area contributed by atoms with Gasteiger partial charge in [-0.3, -0.25) is 4.79 Å². The fourth-order valence-electron chi connectivity index (χ4n) is 2.31. The standard InChI is InChI=1S/C15H14BrNOS2/c1-17(9-11-6-7-14(16)19-11)15(18)13-8-10-4-2-3-5-12(10)20-13/h2-7,13H,8-9H2,1H3. The number of carbonyl (C=O) groups is 1. The van der Waals surface area contributed by atoms with Gasteiger partial charge in [0.2, 0.25) is 5.91 Å². The van der Waals surface area contributed by atoms with Gasteiger partial charge in [-0.2, -0.15) is 0 Å². The van der Waals surface area contributed by atoms with Crippen LogP contribution in [0.2, 0.25) is 0 Å². The SMILES string of the molecule is CN(Cc1ccc(Br)s1)C(=O)C1Cc2ccccc2S1. The monoisotopic (exact) mass is 367 g/mol. The van der Waals surface area contributed by atoms with Crippen molar-refractivity contribution in [2.45, 2.75) is 23.1 Å². The van der Waals surface area contributed by atoms with E-state index < -0.39 is 0 Å². The summed E-state index contributed by atoms with van der Waals surface area (Å²) in [5.41, 5.74) is 1.29. The van der Waals surface area contributed by atoms with Crippen LogP contribution in [-0.2, 0) is 17.8 Å². The molecule has 0 radical (unpaired) electrons. The first-order chi connectivity index (χ1) is 9.63. The second-order valence-corrected chi connectivity index (χ2v) is 8.61. The molecule has 5 heteroatoms. The summed E-state index contributed by atoms with van der Waals surface area (Å²) in [5.74, 6) is 0.218. The number of thiophene rings is 1. The number of hydrogen-bond donors (Lipinski definition) is 0. The minimum atomic E-state index is 0.0285. The van der Waals surface area contributed by atoms with Crippen molar-refractivity contribution in [2.24, 2.45) is 0 Å². The Bertz CT molecular complexity index is 615. The van der Waals surface area contributed by atoms with Gasteiger partial charge in [-0.1, -0.05) is 18.2 Å². The van der Waals surface area contributed by atoms with E-state index in [1.54, 1.807) is 23.1 Å². The molecule has 0 saturated carbocycles. The Balaban J connectivity index is 1.65. The van der Waals surface area contributed by atoms with Crippen LogP contribution in [0, 0.1) is 0 Å². The van der Waals surface area contributed by atoms with Crippen LogP contribution in [0.4, 0.5) is 0 Å². The van der Waals surface area contributed by atoms with Crippen molar-refractivity contribution in [1.29, 1.82) is 0 Å². The molecule has 2 nitrogen and oxygen atoms in total. The molecule has 0 spiro atoms. The van der Waals surface area contributed by atoms with Crippen molar-refractivity contribution in [2.75, 3.05) is 7.05 Å². The Labute approximate surface area is 135 Å². The highest BCUT2D eigenvalue weighted by Gasteiger charge is 2.30. The molecule has 2 heterocycles. The third-order valence-corrected chi connectivity index (χ3v) is 6.23. The number of halogens is 1. The first-order valence-corrected chi connectivity index (χ1v) is 8.86. The van der Waals surface area contributed by atoms with E-state index in [0.717, 1.165) is 10.2 Å². The molecule has 1 aliphatic heterocycles. The van der Waals surface area contributed by atoms with E-state index in [4.69, 9.17) is 0 Å². The lowest BCUT2D eigenvalue weighted by molar-refractivity contribution is -0.129. The summed E-state index contributed by atoms with van der Waals surface area (Å²) in [5, 5.41) is 0.0285. The molecule has 1 aromatic heterocycles. The van der Waals surface area contributed by atoms with E-state index in [2.05, 4.69) is 34.1 Å². The quantitative estimate of drug-likeness (QED) is 0.810. The maximum absolute atomic E-state index is 12.5. The van der Waals surface area contributed by atoms with Gasteiger partial charge in [-0.25, -0.2) is 0 Å². The summed E-state index contributed by atoms with van der Waals surface area (Å²) in [4.78, 5) is 16.8. The number of amides is 1. The molecule has 0 N–H and O–H groups in total. The highest BCUT2D eigenvalue weighted by Crippen LogP contribution is 2.37. The lowest BCUT2D eigenvalue weighted by Crippen LogP contribution is -2.33. The molecule has 1 aliphatic rings. The van der Waals surface area contributed by atoms with Gasteiger partial charge in [0.05, 0.1) is 15.6 Å². The van der Waals surface area contributed by atoms with Crippen molar-refractivity contribution in [3.8, 4) is 0 Å². The predicted molar refractivity (Wildman–Crippen MR) is 88.3 cm³/mol. The zero-order valence-corrected chi connectivity index (χ0v) is 14.2. The van der Waals surface area contributed by atoms with Gasteiger partial charge in [0, 0.05) is 16.8 Å². The minimum absolute atomic E-state index is 0.0285. The molecule has 0 saturated heterocycles. The fraction of sp³-hybridized carbons (Fsp3) is 0.267. The van der Waals surface area contributed by atoms with Gasteiger partial charge in [-0.05, 0) is 46.1 Å². The average Bonchev–Trinajstić information content (AvgIpc) is 3.03. The van der Waals surface area contributed by atoms with Crippen LogP contribution >= 0.6 is 39.0 Å². The predicted octanol–water partition coefficient (Wildman–Crippen LogP) is 4.19. The molecular formula is C15H14BrNOS2. The molecule has 1 aromatic carbocycles. The number of thioether (sulfide) groups is 1. The van der Waals surface area contributed by atoms with E-state index in [-0.39, 0.29) is 11.2 Å². The summed E-state index contributed by atoms with van der Waals surface area (Å²) in [6.45, 7) is 0.683. The summed E-state index contributed by atoms with van der Waals surface area (Å²) in [7, 11) is 1.89. The van der Waals surface area contributed by atoms with Crippen LogP contribution in [0.15, 0.2) is 45.1 Å². The first kappa shape index (κ1) is 14.2. The van der Waals surface area contributed by atoms with Crippen molar-refractivity contribution in [3.63, 3.8) is 0 Å². The van der Waals surface area contributed by atoms with Crippen LogP contribution in [-0.4, -0.2) is 23.1 Å². The smallest absolute Gasteiger partial charge is 0.236 e. The summed E-state index contributed by atoms with van der Waals surface area (Å²) < 4.78 is 1.11. The number of carbonyl (C=O) groups excluding carboxylic acids is 1. The Morgan fingerprint density at radius 1 is 1.35 bits per heavy atom. The Morgan fingerprint density at radius 2 is 2.15 bits per heavy atom.